The fourth-order valence-corrected chi connectivity index (χ4v) is 3.38. The summed E-state index contributed by atoms with van der Waals surface area (Å²) in [7, 11) is 0. The summed E-state index contributed by atoms with van der Waals surface area (Å²) in [5.74, 6) is -0.280. The Labute approximate surface area is 142 Å². The van der Waals surface area contributed by atoms with Crippen molar-refractivity contribution in [1.82, 2.24) is 15.1 Å². The molecular weight excluding hydrogens is 309 g/mol. The average molecular weight is 335 g/mol. The average Bonchev–Trinajstić information content (AvgIpc) is 3.04. The van der Waals surface area contributed by atoms with E-state index in [1.807, 2.05) is 6.07 Å². The Bertz CT molecular complexity index is 581. The zero-order valence-corrected chi connectivity index (χ0v) is 14.4. The first kappa shape index (κ1) is 17.2. The molecule has 1 aromatic rings. The van der Waals surface area contributed by atoms with Crippen molar-refractivity contribution < 1.29 is 13.9 Å². The quantitative estimate of drug-likeness (QED) is 0.922. The van der Waals surface area contributed by atoms with E-state index < -0.39 is 0 Å². The lowest BCUT2D eigenvalue weighted by molar-refractivity contribution is -0.0158. The third-order valence-corrected chi connectivity index (χ3v) is 4.85. The number of amides is 2. The van der Waals surface area contributed by atoms with Gasteiger partial charge in [-0.2, -0.15) is 0 Å². The number of carbonyl (C=O) groups is 1. The van der Waals surface area contributed by atoms with Crippen LogP contribution in [0.5, 0.6) is 0 Å². The largest absolute Gasteiger partial charge is 0.370 e. The summed E-state index contributed by atoms with van der Waals surface area (Å²) in [5.41, 5.74) is 0.777. The zero-order valence-electron chi connectivity index (χ0n) is 14.4. The summed E-state index contributed by atoms with van der Waals surface area (Å²) in [6, 6.07) is 7.07. The van der Waals surface area contributed by atoms with E-state index in [1.165, 1.54) is 12.1 Å². The number of nitrogens with one attached hydrogen (secondary N) is 1. The van der Waals surface area contributed by atoms with Gasteiger partial charge in [-0.3, -0.25) is 4.90 Å². The van der Waals surface area contributed by atoms with Gasteiger partial charge in [0.25, 0.3) is 0 Å². The van der Waals surface area contributed by atoms with Crippen LogP contribution in [0.15, 0.2) is 24.3 Å². The number of urea groups is 1. The minimum atomic E-state index is -0.280. The highest BCUT2D eigenvalue weighted by Crippen LogP contribution is 2.23. The lowest BCUT2D eigenvalue weighted by atomic mass is 10.1. The Morgan fingerprint density at radius 2 is 2.17 bits per heavy atom. The van der Waals surface area contributed by atoms with E-state index in [0.717, 1.165) is 25.1 Å². The molecule has 24 heavy (non-hydrogen) atoms. The molecule has 0 bridgehead atoms. The molecule has 0 aliphatic carbocycles. The van der Waals surface area contributed by atoms with Gasteiger partial charge in [-0.05, 0) is 38.0 Å². The van der Waals surface area contributed by atoms with Gasteiger partial charge in [-0.15, -0.1) is 0 Å². The maximum Gasteiger partial charge on any atom is 0.317 e. The van der Waals surface area contributed by atoms with Gasteiger partial charge in [0, 0.05) is 31.7 Å². The molecular formula is C18H26FN3O2. The van der Waals surface area contributed by atoms with Crippen LogP contribution in [0.3, 0.4) is 0 Å². The Kier molecular flexibility index (Phi) is 5.36. The number of likely N-dealkylation sites (tertiary alicyclic amines) is 1. The first-order chi connectivity index (χ1) is 11.5. The van der Waals surface area contributed by atoms with E-state index in [2.05, 4.69) is 24.1 Å². The summed E-state index contributed by atoms with van der Waals surface area (Å²) < 4.78 is 19.1. The number of nitrogens with zero attached hydrogens (tertiary/aromatic N) is 2. The smallest absolute Gasteiger partial charge is 0.317 e. The standard InChI is InChI=1S/C18H26FN3O2/c1-13(2)21-7-6-16(11-21)20-18(23)22-8-9-24-17(12-22)14-4-3-5-15(19)10-14/h3-5,10,13,16-17H,6-9,11-12H2,1-2H3,(H,20,23)/t16-,17-/m0/s1. The second kappa shape index (κ2) is 7.49. The highest BCUT2D eigenvalue weighted by atomic mass is 19.1. The van der Waals surface area contributed by atoms with Crippen LogP contribution < -0.4 is 5.32 Å². The SMILES string of the molecule is CC(C)N1CC[C@H](NC(=O)N2CCO[C@H](c3cccc(F)c3)C2)C1. The van der Waals surface area contributed by atoms with Crippen LogP contribution in [0, 0.1) is 5.82 Å². The van der Waals surface area contributed by atoms with E-state index in [4.69, 9.17) is 4.74 Å². The molecule has 2 saturated heterocycles. The van der Waals surface area contributed by atoms with Crippen molar-refractivity contribution in [2.24, 2.45) is 0 Å². The maximum atomic E-state index is 13.4. The predicted octanol–water partition coefficient (Wildman–Crippen LogP) is 2.39. The number of carbonyl (C=O) groups excluding carboxylic acids is 1. The molecule has 2 amide bonds. The molecule has 0 aromatic heterocycles. The summed E-state index contributed by atoms with van der Waals surface area (Å²) in [6.45, 7) is 7.77. The Hall–Kier alpha value is -1.66. The summed E-state index contributed by atoms with van der Waals surface area (Å²) >= 11 is 0. The molecule has 2 aliphatic rings. The van der Waals surface area contributed by atoms with Crippen LogP contribution in [-0.2, 0) is 4.74 Å². The molecule has 2 aliphatic heterocycles. The van der Waals surface area contributed by atoms with Crippen LogP contribution >= 0.6 is 0 Å². The van der Waals surface area contributed by atoms with Gasteiger partial charge in [0.1, 0.15) is 11.9 Å². The Morgan fingerprint density at radius 1 is 1.33 bits per heavy atom. The predicted molar refractivity (Wildman–Crippen MR) is 90.3 cm³/mol. The van der Waals surface area contributed by atoms with Crippen LogP contribution in [0.2, 0.25) is 0 Å². The van der Waals surface area contributed by atoms with E-state index in [9.17, 15) is 9.18 Å². The highest BCUT2D eigenvalue weighted by Gasteiger charge is 2.30. The second-order valence-electron chi connectivity index (χ2n) is 6.88. The fourth-order valence-electron chi connectivity index (χ4n) is 3.38. The second-order valence-corrected chi connectivity index (χ2v) is 6.88. The van der Waals surface area contributed by atoms with Crippen LogP contribution in [0.1, 0.15) is 31.9 Å². The normalized spacial score (nSPS) is 25.2. The number of benzene rings is 1. The van der Waals surface area contributed by atoms with Crippen molar-refractivity contribution in [3.8, 4) is 0 Å². The van der Waals surface area contributed by atoms with Crippen molar-refractivity contribution in [3.05, 3.63) is 35.6 Å². The molecule has 1 aromatic carbocycles. The summed E-state index contributed by atoms with van der Waals surface area (Å²) in [4.78, 5) is 16.7. The van der Waals surface area contributed by atoms with Gasteiger partial charge in [0.15, 0.2) is 0 Å². The van der Waals surface area contributed by atoms with Crippen molar-refractivity contribution in [1.29, 1.82) is 0 Å². The minimum Gasteiger partial charge on any atom is -0.370 e. The van der Waals surface area contributed by atoms with Crippen molar-refractivity contribution in [2.45, 2.75) is 38.5 Å². The van der Waals surface area contributed by atoms with Gasteiger partial charge in [-0.1, -0.05) is 12.1 Å². The highest BCUT2D eigenvalue weighted by molar-refractivity contribution is 5.74. The molecule has 0 saturated carbocycles. The van der Waals surface area contributed by atoms with E-state index >= 15 is 0 Å². The number of hydrogen-bond acceptors (Lipinski definition) is 3. The van der Waals surface area contributed by atoms with Crippen LogP contribution in [-0.4, -0.2) is 60.7 Å². The van der Waals surface area contributed by atoms with Gasteiger partial charge in [-0.25, -0.2) is 9.18 Å². The Morgan fingerprint density at radius 3 is 2.88 bits per heavy atom. The third kappa shape index (κ3) is 4.05. The first-order valence-corrected chi connectivity index (χ1v) is 8.69. The first-order valence-electron chi connectivity index (χ1n) is 8.69. The molecule has 0 unspecified atom stereocenters. The van der Waals surface area contributed by atoms with Crippen LogP contribution in [0.25, 0.3) is 0 Å². The lowest BCUT2D eigenvalue weighted by Gasteiger charge is -2.34. The topological polar surface area (TPSA) is 44.8 Å². The molecule has 2 fully saturated rings. The summed E-state index contributed by atoms with van der Waals surface area (Å²) in [6.07, 6.45) is 0.720. The zero-order chi connectivity index (χ0) is 17.1. The molecule has 1 N–H and O–H groups in total. The monoisotopic (exact) mass is 335 g/mol. The summed E-state index contributed by atoms with van der Waals surface area (Å²) in [5, 5.41) is 3.13. The van der Waals surface area contributed by atoms with Gasteiger partial charge >= 0.3 is 6.03 Å². The molecule has 6 heteroatoms. The number of hydrogen-bond donors (Lipinski definition) is 1. The minimum absolute atomic E-state index is 0.0460. The molecule has 3 rings (SSSR count). The van der Waals surface area contributed by atoms with Crippen LogP contribution in [0.4, 0.5) is 9.18 Å². The number of halogens is 1. The van der Waals surface area contributed by atoms with Crippen molar-refractivity contribution in [2.75, 3.05) is 32.8 Å². The molecule has 0 radical (unpaired) electrons. The molecule has 2 atom stereocenters. The molecule has 5 nitrogen and oxygen atoms in total. The van der Waals surface area contributed by atoms with E-state index in [-0.39, 0.29) is 24.0 Å². The fraction of sp³-hybridized carbons (Fsp3) is 0.611. The van der Waals surface area contributed by atoms with Gasteiger partial charge in [0.2, 0.25) is 0 Å². The van der Waals surface area contributed by atoms with Crippen molar-refractivity contribution >= 4 is 6.03 Å². The maximum absolute atomic E-state index is 13.4. The van der Waals surface area contributed by atoms with Crippen molar-refractivity contribution in [3.63, 3.8) is 0 Å². The number of morpholine rings is 1. The molecule has 0 spiro atoms. The molecule has 132 valence electrons. The third-order valence-electron chi connectivity index (χ3n) is 4.85. The van der Waals surface area contributed by atoms with Gasteiger partial charge in [0.05, 0.1) is 13.2 Å². The Balaban J connectivity index is 1.56. The van der Waals surface area contributed by atoms with E-state index in [0.29, 0.717) is 25.7 Å². The number of rotatable bonds is 3. The van der Waals surface area contributed by atoms with E-state index in [1.54, 1.807) is 11.0 Å². The molecule has 2 heterocycles. The van der Waals surface area contributed by atoms with Gasteiger partial charge < -0.3 is 15.0 Å². The lowest BCUT2D eigenvalue weighted by Crippen LogP contribution is -2.50. The number of ether oxygens (including phenoxy) is 1.